The molecule has 0 saturated carbocycles. The predicted octanol–water partition coefficient (Wildman–Crippen LogP) is 27.1. The Balaban J connectivity index is 0.000000197. The summed E-state index contributed by atoms with van der Waals surface area (Å²) >= 11 is 50.3. The molecular weight excluding hydrogens is 2360 g/mol. The Kier molecular flexibility index (Phi) is 47.1. The third-order valence-electron chi connectivity index (χ3n) is 19.3. The number of hydrogen-bond donors (Lipinski definition) is 12. The quantitative estimate of drug-likeness (QED) is 0.0160. The van der Waals surface area contributed by atoms with Gasteiger partial charge in [-0.25, -0.2) is 28.1 Å². The van der Waals surface area contributed by atoms with Gasteiger partial charge in [-0.05, 0) is 258 Å². The number of aliphatic imine (C=N–C) groups is 3. The molecule has 21 nitrogen and oxygen atoms in total. The van der Waals surface area contributed by atoms with Crippen molar-refractivity contribution < 1.29 is 37.1 Å². The summed E-state index contributed by atoms with van der Waals surface area (Å²) in [5.74, 6) is -0.0332. The van der Waals surface area contributed by atoms with Crippen LogP contribution >= 0.6 is 201 Å². The van der Waals surface area contributed by atoms with Crippen molar-refractivity contribution in [1.29, 1.82) is 16.1 Å². The van der Waals surface area contributed by atoms with Gasteiger partial charge in [0, 0.05) is 126 Å². The van der Waals surface area contributed by atoms with E-state index in [1.165, 1.54) is 118 Å². The van der Waals surface area contributed by atoms with Crippen molar-refractivity contribution in [3.63, 3.8) is 0 Å². The smallest absolute Gasteiger partial charge is 0.251 e. The van der Waals surface area contributed by atoms with Crippen molar-refractivity contribution >= 4 is 273 Å². The molecule has 0 atom stereocenters. The highest BCUT2D eigenvalue weighted by atomic mass is 79.9. The maximum absolute atomic E-state index is 13.3. The lowest BCUT2D eigenvalue weighted by Gasteiger charge is -2.11. The van der Waals surface area contributed by atoms with Gasteiger partial charge in [0.15, 0.2) is 25.8 Å². The first-order valence-electron chi connectivity index (χ1n) is 41.5. The molecule has 0 unspecified atom stereocenters. The highest BCUT2D eigenvalue weighted by Crippen LogP contribution is 2.32. The van der Waals surface area contributed by atoms with Crippen molar-refractivity contribution in [3.05, 3.63) is 431 Å². The number of nitrogens with one attached hydrogen (secondary N) is 7. The Morgan fingerprint density at radius 3 is 0.907 bits per heavy atom. The number of halogens is 13. The van der Waals surface area contributed by atoms with Gasteiger partial charge in [0.05, 0.1) is 38.7 Å². The minimum Gasteiger partial charge on any atom is -0.379 e. The lowest BCUT2D eigenvalue weighted by Crippen LogP contribution is -2.24. The summed E-state index contributed by atoms with van der Waals surface area (Å²) in [6, 6.07) is 79.4. The minimum absolute atomic E-state index is 0.00859. The number of amidine groups is 5. The molecule has 0 aliphatic rings. The second-order valence-electron chi connectivity index (χ2n) is 29.8. The number of nitrogens with zero attached hydrogens (tertiary/aromatic N) is 4. The topological polar surface area (TPSA) is 384 Å². The molecule has 722 valence electrons. The number of rotatable bonds is 28. The minimum atomic E-state index is -0.530. The van der Waals surface area contributed by atoms with Crippen LogP contribution in [0.4, 0.5) is 30.2 Å². The van der Waals surface area contributed by atoms with E-state index in [1.54, 1.807) is 84.9 Å². The lowest BCUT2D eigenvalue weighted by molar-refractivity contribution is 0.0942. The van der Waals surface area contributed by atoms with Crippen LogP contribution in [0.5, 0.6) is 0 Å². The van der Waals surface area contributed by atoms with Crippen molar-refractivity contribution in [2.24, 2.45) is 43.6 Å². The molecule has 0 aliphatic carbocycles. The maximum atomic E-state index is 13.3. The molecule has 0 bridgehead atoms. The van der Waals surface area contributed by atoms with Crippen LogP contribution in [-0.2, 0) is 61.5 Å². The molecule has 0 saturated heterocycles. The number of aryl methyl sites for hydroxylation is 2. The van der Waals surface area contributed by atoms with E-state index in [4.69, 9.17) is 91.2 Å². The summed E-state index contributed by atoms with van der Waals surface area (Å²) in [6.07, 6.45) is 0. The summed E-state index contributed by atoms with van der Waals surface area (Å²) in [6.45, 7) is 5.92. The van der Waals surface area contributed by atoms with Gasteiger partial charge < -0.3 is 55.3 Å². The summed E-state index contributed by atoms with van der Waals surface area (Å²) in [5.41, 5.74) is 44.9. The Morgan fingerprint density at radius 2 is 0.607 bits per heavy atom. The molecule has 13 aromatic carbocycles. The van der Waals surface area contributed by atoms with E-state index in [0.29, 0.717) is 115 Å². The normalized spacial score (nSPS) is 11.0. The molecular formula is C101H87Br6Cl4F3N16O5S5. The molecule has 0 fully saturated rings. The van der Waals surface area contributed by atoms with E-state index in [2.05, 4.69) is 143 Å². The molecule has 0 aliphatic heterocycles. The predicted molar refractivity (Wildman–Crippen MR) is 594 cm³/mol. The van der Waals surface area contributed by atoms with Crippen molar-refractivity contribution in [1.82, 2.24) is 26.6 Å². The molecule has 140 heavy (non-hydrogen) atoms. The first-order valence-corrected chi connectivity index (χ1v) is 52.7. The molecule has 0 spiro atoms. The van der Waals surface area contributed by atoms with E-state index in [0.717, 1.165) is 88.2 Å². The Labute approximate surface area is 900 Å². The first-order chi connectivity index (χ1) is 66.9. The molecule has 13 rings (SSSR count). The average Bonchev–Trinajstić information content (AvgIpc) is 0.855. The van der Waals surface area contributed by atoms with Gasteiger partial charge >= 0.3 is 0 Å². The van der Waals surface area contributed by atoms with E-state index in [9.17, 15) is 37.1 Å². The number of thioether (sulfide) groups is 5. The van der Waals surface area contributed by atoms with Crippen molar-refractivity contribution in [2.75, 3.05) is 0 Å². The Bertz CT molecular complexity index is 6560. The molecule has 5 amide bonds. The van der Waals surface area contributed by atoms with Crippen molar-refractivity contribution in [3.8, 4) is 6.07 Å². The second kappa shape index (κ2) is 58.3. The summed E-state index contributed by atoms with van der Waals surface area (Å²) < 4.78 is 44.9. The third kappa shape index (κ3) is 39.5. The zero-order valence-electron chi connectivity index (χ0n) is 74.1. The number of hydrogen-bond acceptors (Lipinski definition) is 16. The summed E-state index contributed by atoms with van der Waals surface area (Å²) in [5, 5.41) is 40.0. The largest absolute Gasteiger partial charge is 0.379 e. The van der Waals surface area contributed by atoms with Gasteiger partial charge in [0.25, 0.3) is 29.5 Å². The zero-order valence-corrected chi connectivity index (χ0v) is 90.8. The fourth-order valence-electron chi connectivity index (χ4n) is 12.1. The van der Waals surface area contributed by atoms with Gasteiger partial charge in [0.2, 0.25) is 0 Å². The van der Waals surface area contributed by atoms with Gasteiger partial charge in [-0.1, -0.05) is 291 Å². The monoisotopic (exact) mass is 2430 g/mol. The number of nitrogens with two attached hydrogens (primary N) is 5. The van der Waals surface area contributed by atoms with Crippen LogP contribution in [0, 0.1) is 53.4 Å². The van der Waals surface area contributed by atoms with Crippen LogP contribution in [0.2, 0.25) is 20.1 Å². The fourth-order valence-corrected chi connectivity index (χ4v) is 18.5. The Hall–Kier alpha value is -10.4. The molecule has 39 heteroatoms. The lowest BCUT2D eigenvalue weighted by atomic mass is 10.1. The SMILES string of the molecule is Cc1ccc(CNC(=O)c2ccc(Br)cc2CSC(=N)N)cc1.Cc1ccc(CNC(=O)c2ccc(Br)cc2CSC(N)=Nc2ccc(F)c(Cl)c2)cc1.N#Cc1ccc(CNC(=O)c2ccc(Br)cc2CSC(N)=Nc2ccc(Br)cc2)cc1.N=C(N)SCc1cc(Br)ccc1C(=O)NCc1ccc(Cl)cc1Cl.NC(=Nc1ccc(F)c(Cl)c1)SCc1cc(Br)ccc1C(=O)NCc1ccc(F)cc1. The highest BCUT2D eigenvalue weighted by molar-refractivity contribution is 9.11. The maximum Gasteiger partial charge on any atom is 0.251 e. The average molecular weight is 2440 g/mol. The third-order valence-corrected chi connectivity index (χ3v) is 27.5. The summed E-state index contributed by atoms with van der Waals surface area (Å²) in [7, 11) is 0. The van der Waals surface area contributed by atoms with Crippen molar-refractivity contribution in [2.45, 2.75) is 75.3 Å². The standard InChI is InChI=1S/C23H18Br2N4OS.C23H20BrClFN3OS.C22H17BrClF2N3OS.C17H18BrN3OS.C16H14BrCl2N3OS/c24-18-5-8-20(9-6-18)29-23(27)31-14-17-11-19(25)7-10-21(17)22(30)28-13-16-3-1-15(12-26)2-4-16;1-14-2-4-15(5-3-14)12-28-22(30)19-8-6-17(24)10-16(19)13-31-23(27)29-18-7-9-21(26)20(25)11-18;23-15-3-7-18(21(30)28-11-13-1-4-16(25)5-2-13)14(9-15)12-31-22(27)29-17-6-8-20(26)19(24)10-17;1-11-2-4-12(5-3-11)9-21-16(22)15-7-6-14(18)8-13(15)10-23-17(19)20;17-11-2-4-13(10(5-11)8-24-16(20)21)15(23)22-7-9-1-3-12(18)6-14(9)19/h1-11H,13-14H2,(H2,27,29)(H,28,30);2-11H,12-13H2,1H3,(H2,27,29)(H,28,30);1-10H,11-12H2,(H2,27,29)(H,28,30);2-8H,9-10H2,1H3,(H3,19,20)(H,21,22);1-6H,7-8H2,(H3,20,21)(H,22,23). The van der Waals surface area contributed by atoms with E-state index < -0.39 is 11.6 Å². The molecule has 0 radical (unpaired) electrons. The van der Waals surface area contributed by atoms with Gasteiger partial charge in [-0.3, -0.25) is 34.8 Å². The first kappa shape index (κ1) is 113. The van der Waals surface area contributed by atoms with Crippen LogP contribution in [0.1, 0.15) is 124 Å². The summed E-state index contributed by atoms with van der Waals surface area (Å²) in [4.78, 5) is 76.1. The number of nitriles is 1. The van der Waals surface area contributed by atoms with Crippen LogP contribution in [0.15, 0.2) is 309 Å². The second-order valence-corrected chi connectivity index (χ2v) is 41.9. The zero-order chi connectivity index (χ0) is 101. The van der Waals surface area contributed by atoms with E-state index in [1.807, 2.05) is 147 Å². The van der Waals surface area contributed by atoms with Gasteiger partial charge in [-0.15, -0.1) is 0 Å². The van der Waals surface area contributed by atoms with Crippen LogP contribution in [-0.4, -0.2) is 55.4 Å². The highest BCUT2D eigenvalue weighted by Gasteiger charge is 2.21. The van der Waals surface area contributed by atoms with Gasteiger partial charge in [-0.2, -0.15) is 5.26 Å². The van der Waals surface area contributed by atoms with Gasteiger partial charge in [0.1, 0.15) is 17.5 Å². The van der Waals surface area contributed by atoms with Crippen LogP contribution in [0.3, 0.4) is 0 Å². The molecule has 0 aromatic heterocycles. The number of benzene rings is 13. The number of carbonyl (C=O) groups excluding carboxylic acids is 5. The number of carbonyl (C=O) groups is 5. The van der Waals surface area contributed by atoms with E-state index in [-0.39, 0.29) is 72.6 Å². The van der Waals surface area contributed by atoms with Crippen LogP contribution < -0.4 is 55.3 Å². The van der Waals surface area contributed by atoms with Crippen LogP contribution in [0.25, 0.3) is 0 Å². The molecule has 13 aromatic rings. The number of amides is 5. The van der Waals surface area contributed by atoms with E-state index >= 15 is 0 Å². The Morgan fingerprint density at radius 1 is 0.329 bits per heavy atom. The molecule has 17 N–H and O–H groups in total. The molecule has 0 heterocycles. The fraction of sp³-hybridized carbons (Fsp3) is 0.119.